The van der Waals surface area contributed by atoms with E-state index < -0.39 is 10.0 Å². The van der Waals surface area contributed by atoms with E-state index in [4.69, 9.17) is 0 Å². The first-order chi connectivity index (χ1) is 9.01. The van der Waals surface area contributed by atoms with Gasteiger partial charge in [0.2, 0.25) is 10.0 Å². The summed E-state index contributed by atoms with van der Waals surface area (Å²) in [7, 11) is -0.388. The van der Waals surface area contributed by atoms with Crippen LogP contribution in [-0.4, -0.2) is 37.8 Å². The zero-order chi connectivity index (χ0) is 15.3. The van der Waals surface area contributed by atoms with Gasteiger partial charge in [-0.05, 0) is 23.0 Å². The lowest BCUT2D eigenvalue weighted by atomic mass is 10.0. The van der Waals surface area contributed by atoms with Crippen LogP contribution in [-0.2, 0) is 10.0 Å². The van der Waals surface area contributed by atoms with Gasteiger partial charge in [0, 0.05) is 26.3 Å². The summed E-state index contributed by atoms with van der Waals surface area (Å²) in [6, 6.07) is 3.66. The molecule has 2 rings (SSSR count). The van der Waals surface area contributed by atoms with Gasteiger partial charge in [0.05, 0.1) is 0 Å². The zero-order valence-electron chi connectivity index (χ0n) is 12.9. The van der Waals surface area contributed by atoms with Gasteiger partial charge in [0.1, 0.15) is 10.7 Å². The molecule has 1 aliphatic rings. The normalized spacial score (nSPS) is 20.9. The first-order valence-corrected chi connectivity index (χ1v) is 8.10. The SMILES string of the molecule is CN(C)S(=O)(=O)c1ccc(NC2C(C)(C)C2(C)C)nc1. The van der Waals surface area contributed by atoms with Crippen molar-refractivity contribution in [2.45, 2.75) is 38.6 Å². The Morgan fingerprint density at radius 2 is 1.70 bits per heavy atom. The summed E-state index contributed by atoms with van der Waals surface area (Å²) < 4.78 is 25.1. The Bertz CT molecular complexity index is 590. The molecule has 1 aromatic rings. The highest BCUT2D eigenvalue weighted by Crippen LogP contribution is 2.63. The maximum atomic E-state index is 11.9. The number of nitrogens with one attached hydrogen (secondary N) is 1. The number of hydrogen-bond acceptors (Lipinski definition) is 4. The van der Waals surface area contributed by atoms with Gasteiger partial charge < -0.3 is 5.32 Å². The van der Waals surface area contributed by atoms with Crippen molar-refractivity contribution in [1.82, 2.24) is 9.29 Å². The van der Waals surface area contributed by atoms with E-state index >= 15 is 0 Å². The van der Waals surface area contributed by atoms with E-state index in [1.807, 2.05) is 0 Å². The van der Waals surface area contributed by atoms with Crippen molar-refractivity contribution in [3.63, 3.8) is 0 Å². The molecule has 1 N–H and O–H groups in total. The van der Waals surface area contributed by atoms with Crippen molar-refractivity contribution in [1.29, 1.82) is 0 Å². The molecule has 1 fully saturated rings. The van der Waals surface area contributed by atoms with E-state index in [2.05, 4.69) is 38.0 Å². The third kappa shape index (κ3) is 2.20. The Labute approximate surface area is 121 Å². The minimum absolute atomic E-state index is 0.211. The van der Waals surface area contributed by atoms with Crippen molar-refractivity contribution in [3.8, 4) is 0 Å². The molecule has 0 amide bonds. The number of aromatic nitrogens is 1. The van der Waals surface area contributed by atoms with Crippen LogP contribution in [0.25, 0.3) is 0 Å². The number of nitrogens with zero attached hydrogens (tertiary/aromatic N) is 2. The predicted molar refractivity (Wildman–Crippen MR) is 80.1 cm³/mol. The Morgan fingerprint density at radius 3 is 2.05 bits per heavy atom. The molecular weight excluding hydrogens is 274 g/mol. The highest BCUT2D eigenvalue weighted by molar-refractivity contribution is 7.89. The average Bonchev–Trinajstić information content (AvgIpc) is 2.72. The van der Waals surface area contributed by atoms with E-state index in [9.17, 15) is 8.42 Å². The molecule has 112 valence electrons. The second kappa shape index (κ2) is 4.43. The Kier molecular flexibility index (Phi) is 3.38. The van der Waals surface area contributed by atoms with Crippen molar-refractivity contribution in [2.75, 3.05) is 19.4 Å². The van der Waals surface area contributed by atoms with Gasteiger partial charge in [0.15, 0.2) is 0 Å². The average molecular weight is 297 g/mol. The van der Waals surface area contributed by atoms with Crippen LogP contribution < -0.4 is 5.32 Å². The highest BCUT2D eigenvalue weighted by atomic mass is 32.2. The van der Waals surface area contributed by atoms with Crippen LogP contribution in [0.4, 0.5) is 5.82 Å². The summed E-state index contributed by atoms with van der Waals surface area (Å²) in [5.41, 5.74) is 0.423. The topological polar surface area (TPSA) is 62.3 Å². The van der Waals surface area contributed by atoms with Crippen molar-refractivity contribution in [2.24, 2.45) is 10.8 Å². The molecule has 1 heterocycles. The summed E-state index contributed by atoms with van der Waals surface area (Å²) in [6.07, 6.45) is 1.40. The van der Waals surface area contributed by atoms with Gasteiger partial charge in [-0.25, -0.2) is 17.7 Å². The lowest BCUT2D eigenvalue weighted by molar-refractivity contribution is 0.457. The molecule has 5 nitrogen and oxygen atoms in total. The first-order valence-electron chi connectivity index (χ1n) is 6.66. The Balaban J connectivity index is 2.15. The van der Waals surface area contributed by atoms with E-state index in [-0.39, 0.29) is 15.7 Å². The summed E-state index contributed by atoms with van der Waals surface area (Å²) in [5.74, 6) is 0.714. The van der Waals surface area contributed by atoms with E-state index in [0.717, 1.165) is 0 Å². The lowest BCUT2D eigenvalue weighted by Crippen LogP contribution is -2.22. The first kappa shape index (κ1) is 15.3. The molecule has 0 aliphatic heterocycles. The second-order valence-corrected chi connectivity index (χ2v) is 8.84. The molecule has 0 radical (unpaired) electrons. The summed E-state index contributed by atoms with van der Waals surface area (Å²) in [4.78, 5) is 4.43. The molecule has 0 aromatic carbocycles. The minimum atomic E-state index is -3.41. The van der Waals surface area contributed by atoms with E-state index in [1.54, 1.807) is 12.1 Å². The molecule has 1 aliphatic carbocycles. The smallest absolute Gasteiger partial charge is 0.244 e. The summed E-state index contributed by atoms with van der Waals surface area (Å²) >= 11 is 0. The van der Waals surface area contributed by atoms with Crippen LogP contribution in [0.1, 0.15) is 27.7 Å². The second-order valence-electron chi connectivity index (χ2n) is 6.69. The predicted octanol–water partition coefficient (Wildman–Crippen LogP) is 2.18. The maximum absolute atomic E-state index is 11.9. The Hall–Kier alpha value is -1.14. The molecule has 0 unspecified atom stereocenters. The van der Waals surface area contributed by atoms with Crippen molar-refractivity contribution in [3.05, 3.63) is 18.3 Å². The summed E-state index contributed by atoms with van der Waals surface area (Å²) in [6.45, 7) is 8.87. The largest absolute Gasteiger partial charge is 0.366 e. The van der Waals surface area contributed by atoms with Crippen LogP contribution in [0, 0.1) is 10.8 Å². The van der Waals surface area contributed by atoms with Gasteiger partial charge in [-0.15, -0.1) is 0 Å². The third-order valence-electron chi connectivity index (χ3n) is 4.83. The van der Waals surface area contributed by atoms with E-state index in [1.165, 1.54) is 24.6 Å². The van der Waals surface area contributed by atoms with Crippen LogP contribution in [0.5, 0.6) is 0 Å². The Morgan fingerprint density at radius 1 is 1.15 bits per heavy atom. The number of sulfonamides is 1. The van der Waals surface area contributed by atoms with Crippen LogP contribution >= 0.6 is 0 Å². The number of rotatable bonds is 4. The molecule has 0 bridgehead atoms. The van der Waals surface area contributed by atoms with Crippen molar-refractivity contribution >= 4 is 15.8 Å². The minimum Gasteiger partial charge on any atom is -0.366 e. The quantitative estimate of drug-likeness (QED) is 0.925. The standard InChI is InChI=1S/C14H23N3O2S/c1-13(2)12(14(13,3)4)16-11-8-7-10(9-15-11)20(18,19)17(5)6/h7-9,12H,1-6H3,(H,15,16). The van der Waals surface area contributed by atoms with Crippen LogP contribution in [0.2, 0.25) is 0 Å². The van der Waals surface area contributed by atoms with Crippen LogP contribution in [0.15, 0.2) is 23.2 Å². The van der Waals surface area contributed by atoms with E-state index in [0.29, 0.717) is 11.9 Å². The van der Waals surface area contributed by atoms with Gasteiger partial charge in [-0.1, -0.05) is 27.7 Å². The molecule has 1 saturated carbocycles. The molecule has 0 atom stereocenters. The van der Waals surface area contributed by atoms with Gasteiger partial charge in [0.25, 0.3) is 0 Å². The molecule has 1 aromatic heterocycles. The monoisotopic (exact) mass is 297 g/mol. The maximum Gasteiger partial charge on any atom is 0.244 e. The van der Waals surface area contributed by atoms with Gasteiger partial charge >= 0.3 is 0 Å². The van der Waals surface area contributed by atoms with Gasteiger partial charge in [-0.2, -0.15) is 0 Å². The molecule has 20 heavy (non-hydrogen) atoms. The molecule has 0 spiro atoms. The molecular formula is C14H23N3O2S. The fourth-order valence-corrected chi connectivity index (χ4v) is 3.38. The number of anilines is 1. The fraction of sp³-hybridized carbons (Fsp3) is 0.643. The number of hydrogen-bond donors (Lipinski definition) is 1. The molecule has 6 heteroatoms. The van der Waals surface area contributed by atoms with Gasteiger partial charge in [-0.3, -0.25) is 0 Å². The highest BCUT2D eigenvalue weighted by Gasteiger charge is 2.65. The molecule has 0 saturated heterocycles. The zero-order valence-corrected chi connectivity index (χ0v) is 13.7. The fourth-order valence-electron chi connectivity index (χ4n) is 2.53. The van der Waals surface area contributed by atoms with Crippen molar-refractivity contribution < 1.29 is 8.42 Å². The van der Waals surface area contributed by atoms with Crippen LogP contribution in [0.3, 0.4) is 0 Å². The summed E-state index contributed by atoms with van der Waals surface area (Å²) in [5, 5.41) is 3.38. The lowest BCUT2D eigenvalue weighted by Gasteiger charge is -2.12. The third-order valence-corrected chi connectivity index (χ3v) is 6.63. The number of pyridine rings is 1.